The number of nitrogens with zero attached hydrogens (tertiary/aromatic N) is 2. The van der Waals surface area contributed by atoms with Crippen LogP contribution in [0.2, 0.25) is 0 Å². The molecule has 0 aromatic heterocycles. The van der Waals surface area contributed by atoms with Gasteiger partial charge in [-0.15, -0.1) is 6.58 Å². The molecule has 2 aromatic rings. The number of benzene rings is 2. The van der Waals surface area contributed by atoms with Gasteiger partial charge in [0.25, 0.3) is 0 Å². The maximum Gasteiger partial charge on any atom is 0.241 e. The summed E-state index contributed by atoms with van der Waals surface area (Å²) >= 11 is 3.43. The fourth-order valence-corrected chi connectivity index (χ4v) is 2.63. The van der Waals surface area contributed by atoms with E-state index in [0.29, 0.717) is 13.1 Å². The summed E-state index contributed by atoms with van der Waals surface area (Å²) in [5.74, 6) is 0.0655. The molecule has 0 atom stereocenters. The Morgan fingerprint density at radius 2 is 1.78 bits per heavy atom. The van der Waals surface area contributed by atoms with Gasteiger partial charge in [0.15, 0.2) is 0 Å². The van der Waals surface area contributed by atoms with Crippen molar-refractivity contribution in [3.05, 3.63) is 77.3 Å². The highest BCUT2D eigenvalue weighted by atomic mass is 79.9. The van der Waals surface area contributed by atoms with Gasteiger partial charge in [-0.05, 0) is 36.9 Å². The van der Waals surface area contributed by atoms with Crippen LogP contribution < -0.4 is 4.90 Å². The second-order valence-electron chi connectivity index (χ2n) is 5.43. The lowest BCUT2D eigenvalue weighted by Gasteiger charge is -2.24. The predicted octanol–water partition coefficient (Wildman–Crippen LogP) is 4.10. The highest BCUT2D eigenvalue weighted by Crippen LogP contribution is 2.15. The van der Waals surface area contributed by atoms with Crippen LogP contribution in [0.15, 0.2) is 71.7 Å². The molecule has 2 rings (SSSR count). The number of carbonyl (C=O) groups is 1. The van der Waals surface area contributed by atoms with E-state index in [1.807, 2.05) is 54.4 Å². The van der Waals surface area contributed by atoms with Gasteiger partial charge in [-0.1, -0.05) is 52.3 Å². The van der Waals surface area contributed by atoms with Gasteiger partial charge in [-0.2, -0.15) is 0 Å². The molecule has 0 spiro atoms. The number of anilines is 1. The molecule has 0 aliphatic heterocycles. The summed E-state index contributed by atoms with van der Waals surface area (Å²) in [6.07, 6.45) is 1.75. The van der Waals surface area contributed by atoms with Crippen LogP contribution in [0.3, 0.4) is 0 Å². The summed E-state index contributed by atoms with van der Waals surface area (Å²) in [7, 11) is 1.96. The molecule has 0 fully saturated rings. The second kappa shape index (κ2) is 8.65. The molecule has 1 amide bonds. The van der Waals surface area contributed by atoms with Gasteiger partial charge in [0.1, 0.15) is 0 Å². The quantitative estimate of drug-likeness (QED) is 0.683. The highest BCUT2D eigenvalue weighted by molar-refractivity contribution is 9.10. The van der Waals surface area contributed by atoms with E-state index in [9.17, 15) is 4.79 Å². The van der Waals surface area contributed by atoms with Crippen LogP contribution in [-0.4, -0.2) is 30.9 Å². The summed E-state index contributed by atoms with van der Waals surface area (Å²) < 4.78 is 1.06. The van der Waals surface area contributed by atoms with E-state index in [4.69, 9.17) is 0 Å². The van der Waals surface area contributed by atoms with Crippen LogP contribution in [0.5, 0.6) is 0 Å². The number of para-hydroxylation sites is 1. The van der Waals surface area contributed by atoms with Crippen molar-refractivity contribution in [2.24, 2.45) is 0 Å². The first-order valence-corrected chi connectivity index (χ1v) is 8.28. The summed E-state index contributed by atoms with van der Waals surface area (Å²) in [6, 6.07) is 17.8. The molecule has 4 heteroatoms. The molecule has 0 unspecified atom stereocenters. The molecule has 120 valence electrons. The number of rotatable bonds is 7. The minimum absolute atomic E-state index is 0.0655. The number of amides is 1. The minimum atomic E-state index is 0.0655. The van der Waals surface area contributed by atoms with E-state index in [0.717, 1.165) is 16.7 Å². The monoisotopic (exact) mass is 372 g/mol. The van der Waals surface area contributed by atoms with E-state index >= 15 is 0 Å². The predicted molar refractivity (Wildman–Crippen MR) is 99.5 cm³/mol. The molecule has 23 heavy (non-hydrogen) atoms. The SMILES string of the molecule is C=CCN(C(=O)CN(C)Cc1ccc(Br)cc1)c1ccccc1. The maximum absolute atomic E-state index is 12.6. The fourth-order valence-electron chi connectivity index (χ4n) is 2.36. The Morgan fingerprint density at radius 1 is 1.13 bits per heavy atom. The third-order valence-electron chi connectivity index (χ3n) is 3.45. The van der Waals surface area contributed by atoms with Gasteiger partial charge in [-0.25, -0.2) is 0 Å². The molecule has 0 N–H and O–H groups in total. The number of likely N-dealkylation sites (N-methyl/N-ethyl adjacent to an activating group) is 1. The minimum Gasteiger partial charge on any atom is -0.308 e. The summed E-state index contributed by atoms with van der Waals surface area (Å²) in [6.45, 7) is 5.35. The molecule has 0 saturated heterocycles. The van der Waals surface area contributed by atoms with Crippen molar-refractivity contribution in [1.82, 2.24) is 4.90 Å². The lowest BCUT2D eigenvalue weighted by molar-refractivity contribution is -0.119. The normalized spacial score (nSPS) is 10.6. The number of hydrogen-bond donors (Lipinski definition) is 0. The molecular formula is C19H21BrN2O. The topological polar surface area (TPSA) is 23.6 Å². The smallest absolute Gasteiger partial charge is 0.241 e. The number of hydrogen-bond acceptors (Lipinski definition) is 2. The Kier molecular flexibility index (Phi) is 6.56. The van der Waals surface area contributed by atoms with Gasteiger partial charge in [-0.3, -0.25) is 9.69 Å². The first-order valence-electron chi connectivity index (χ1n) is 7.49. The van der Waals surface area contributed by atoms with Crippen LogP contribution >= 0.6 is 15.9 Å². The van der Waals surface area contributed by atoms with Crippen LogP contribution in [0, 0.1) is 0 Å². The van der Waals surface area contributed by atoms with Crippen LogP contribution in [0.4, 0.5) is 5.69 Å². The zero-order valence-electron chi connectivity index (χ0n) is 13.3. The molecule has 3 nitrogen and oxygen atoms in total. The van der Waals surface area contributed by atoms with Crippen molar-refractivity contribution < 1.29 is 4.79 Å². The van der Waals surface area contributed by atoms with Crippen molar-refractivity contribution in [2.75, 3.05) is 25.0 Å². The third-order valence-corrected chi connectivity index (χ3v) is 3.98. The molecule has 2 aromatic carbocycles. The Bertz CT molecular complexity index is 640. The standard InChI is InChI=1S/C19H21BrN2O/c1-3-13-22(18-7-5-4-6-8-18)19(23)15-21(2)14-16-9-11-17(20)12-10-16/h3-12H,1,13-15H2,2H3. The van der Waals surface area contributed by atoms with Gasteiger partial charge in [0.05, 0.1) is 6.54 Å². The van der Waals surface area contributed by atoms with Crippen LogP contribution in [0.1, 0.15) is 5.56 Å². The molecule has 0 aliphatic rings. The molecule has 0 aliphatic carbocycles. The molecule has 0 radical (unpaired) electrons. The Hall–Kier alpha value is -1.91. The first kappa shape index (κ1) is 17.4. The number of halogens is 1. The average Bonchev–Trinajstić information content (AvgIpc) is 2.55. The van der Waals surface area contributed by atoms with Gasteiger partial charge in [0, 0.05) is 23.2 Å². The van der Waals surface area contributed by atoms with Crippen molar-refractivity contribution in [3.8, 4) is 0 Å². The van der Waals surface area contributed by atoms with E-state index in [1.54, 1.807) is 11.0 Å². The van der Waals surface area contributed by atoms with Gasteiger partial charge < -0.3 is 4.90 Å². The van der Waals surface area contributed by atoms with E-state index in [2.05, 4.69) is 34.6 Å². The fraction of sp³-hybridized carbons (Fsp3) is 0.211. The summed E-state index contributed by atoms with van der Waals surface area (Å²) in [5.41, 5.74) is 2.08. The van der Waals surface area contributed by atoms with Crippen molar-refractivity contribution >= 4 is 27.5 Å². The lowest BCUT2D eigenvalue weighted by Crippen LogP contribution is -2.39. The second-order valence-corrected chi connectivity index (χ2v) is 6.34. The average molecular weight is 373 g/mol. The third kappa shape index (κ3) is 5.34. The van der Waals surface area contributed by atoms with E-state index < -0.39 is 0 Å². The number of carbonyl (C=O) groups excluding carboxylic acids is 1. The van der Waals surface area contributed by atoms with Gasteiger partial charge >= 0.3 is 0 Å². The molecule has 0 heterocycles. The van der Waals surface area contributed by atoms with E-state index in [-0.39, 0.29) is 5.91 Å². The van der Waals surface area contributed by atoms with Crippen molar-refractivity contribution in [2.45, 2.75) is 6.54 Å². The first-order chi connectivity index (χ1) is 11.1. The zero-order valence-corrected chi connectivity index (χ0v) is 14.9. The van der Waals surface area contributed by atoms with Crippen molar-refractivity contribution in [3.63, 3.8) is 0 Å². The molecule has 0 bridgehead atoms. The largest absolute Gasteiger partial charge is 0.308 e. The maximum atomic E-state index is 12.6. The highest BCUT2D eigenvalue weighted by Gasteiger charge is 2.16. The zero-order chi connectivity index (χ0) is 16.7. The van der Waals surface area contributed by atoms with E-state index in [1.165, 1.54) is 5.56 Å². The Labute approximate surface area is 146 Å². The van der Waals surface area contributed by atoms with Crippen LogP contribution in [0.25, 0.3) is 0 Å². The lowest BCUT2D eigenvalue weighted by atomic mass is 10.2. The molecule has 0 saturated carbocycles. The molecular weight excluding hydrogens is 352 g/mol. The van der Waals surface area contributed by atoms with Crippen LogP contribution in [-0.2, 0) is 11.3 Å². The summed E-state index contributed by atoms with van der Waals surface area (Å²) in [4.78, 5) is 16.4. The summed E-state index contributed by atoms with van der Waals surface area (Å²) in [5, 5.41) is 0. The van der Waals surface area contributed by atoms with Gasteiger partial charge in [0.2, 0.25) is 5.91 Å². The Morgan fingerprint density at radius 3 is 2.39 bits per heavy atom. The Balaban J connectivity index is 2.00. The van der Waals surface area contributed by atoms with Crippen molar-refractivity contribution in [1.29, 1.82) is 0 Å².